The Hall–Kier alpha value is -3.10. The molecule has 9 nitrogen and oxygen atoms in total. The van der Waals surface area contributed by atoms with Gasteiger partial charge < -0.3 is 14.6 Å². The number of amides is 2. The van der Waals surface area contributed by atoms with E-state index in [-0.39, 0.29) is 17.2 Å². The van der Waals surface area contributed by atoms with Gasteiger partial charge in [0, 0.05) is 18.2 Å². The number of methoxy groups -OCH3 is 1. The first kappa shape index (κ1) is 14.3. The molecule has 0 spiro atoms. The topological polar surface area (TPSA) is 120 Å². The highest BCUT2D eigenvalue weighted by molar-refractivity contribution is 6.00. The highest BCUT2D eigenvalue weighted by atomic mass is 16.6. The fourth-order valence-electron chi connectivity index (χ4n) is 1.60. The number of nitrogens with zero attached hydrogens (tertiary/aromatic N) is 2. The molecule has 2 N–H and O–H groups in total. The zero-order chi connectivity index (χ0) is 15.4. The normalized spacial score (nSPS) is 10.0. The molecular weight excluding hydrogens is 280 g/mol. The molecule has 1 aromatic heterocycles. The lowest BCUT2D eigenvalue weighted by atomic mass is 10.2. The van der Waals surface area contributed by atoms with Gasteiger partial charge in [0.2, 0.25) is 0 Å². The Balaban J connectivity index is 2.15. The Bertz CT molecular complexity index is 682. The Morgan fingerprint density at radius 1 is 1.38 bits per heavy atom. The number of anilines is 2. The molecule has 0 saturated carbocycles. The quantitative estimate of drug-likeness (QED) is 0.660. The first-order valence-corrected chi connectivity index (χ1v) is 5.83. The third-order valence-electron chi connectivity index (χ3n) is 2.51. The third kappa shape index (κ3) is 3.47. The molecule has 2 aromatic rings. The minimum atomic E-state index is -0.623. The summed E-state index contributed by atoms with van der Waals surface area (Å²) in [7, 11) is 1.39. The molecular formula is C12H12N4O5. The van der Waals surface area contributed by atoms with Crippen molar-refractivity contribution in [2.24, 2.45) is 0 Å². The summed E-state index contributed by atoms with van der Waals surface area (Å²) < 4.78 is 9.84. The van der Waals surface area contributed by atoms with E-state index >= 15 is 0 Å². The molecule has 1 heterocycles. The van der Waals surface area contributed by atoms with Crippen molar-refractivity contribution in [2.45, 2.75) is 6.92 Å². The number of nitro groups is 1. The van der Waals surface area contributed by atoms with Gasteiger partial charge in [-0.1, -0.05) is 5.16 Å². The van der Waals surface area contributed by atoms with E-state index in [1.165, 1.54) is 31.4 Å². The molecule has 0 radical (unpaired) electrons. The molecule has 2 rings (SSSR count). The minimum Gasteiger partial charge on any atom is -0.495 e. The summed E-state index contributed by atoms with van der Waals surface area (Å²) in [6.45, 7) is 1.68. The number of nitrogens with one attached hydrogen (secondary N) is 2. The van der Waals surface area contributed by atoms with Crippen LogP contribution in [-0.4, -0.2) is 23.2 Å². The number of aryl methyl sites for hydroxylation is 1. The lowest BCUT2D eigenvalue weighted by molar-refractivity contribution is -0.384. The number of hydrogen-bond acceptors (Lipinski definition) is 6. The second-order valence-corrected chi connectivity index (χ2v) is 4.04. The highest BCUT2D eigenvalue weighted by Crippen LogP contribution is 2.28. The molecule has 0 saturated heterocycles. The maximum atomic E-state index is 11.8. The molecule has 21 heavy (non-hydrogen) atoms. The highest BCUT2D eigenvalue weighted by Gasteiger charge is 2.14. The molecule has 0 bridgehead atoms. The predicted molar refractivity (Wildman–Crippen MR) is 73.5 cm³/mol. The lowest BCUT2D eigenvalue weighted by Gasteiger charge is -2.09. The van der Waals surface area contributed by atoms with Gasteiger partial charge in [0.15, 0.2) is 5.82 Å². The smallest absolute Gasteiger partial charge is 0.325 e. The van der Waals surface area contributed by atoms with Crippen LogP contribution in [0.3, 0.4) is 0 Å². The van der Waals surface area contributed by atoms with E-state index in [2.05, 4.69) is 15.8 Å². The number of non-ortho nitro benzene ring substituents is 1. The van der Waals surface area contributed by atoms with E-state index in [1.807, 2.05) is 0 Å². The van der Waals surface area contributed by atoms with Crippen LogP contribution in [0.1, 0.15) is 5.76 Å². The van der Waals surface area contributed by atoms with Crippen LogP contribution in [0.2, 0.25) is 0 Å². The van der Waals surface area contributed by atoms with Crippen LogP contribution < -0.4 is 15.4 Å². The van der Waals surface area contributed by atoms with E-state index < -0.39 is 11.0 Å². The van der Waals surface area contributed by atoms with Crippen molar-refractivity contribution in [3.05, 3.63) is 40.1 Å². The molecule has 2 amide bonds. The summed E-state index contributed by atoms with van der Waals surface area (Å²) in [4.78, 5) is 22.0. The molecule has 9 heteroatoms. The maximum Gasteiger partial charge on any atom is 0.325 e. The monoisotopic (exact) mass is 292 g/mol. The molecule has 0 aliphatic rings. The average molecular weight is 292 g/mol. The predicted octanol–water partition coefficient (Wildman–Crippen LogP) is 2.54. The van der Waals surface area contributed by atoms with Gasteiger partial charge in [-0.2, -0.15) is 0 Å². The first-order valence-electron chi connectivity index (χ1n) is 5.83. The van der Waals surface area contributed by atoms with E-state index in [9.17, 15) is 14.9 Å². The Kier molecular flexibility index (Phi) is 4.02. The second-order valence-electron chi connectivity index (χ2n) is 4.04. The van der Waals surface area contributed by atoms with Crippen molar-refractivity contribution in [1.29, 1.82) is 0 Å². The van der Waals surface area contributed by atoms with Gasteiger partial charge in [0.05, 0.1) is 17.7 Å². The van der Waals surface area contributed by atoms with Gasteiger partial charge >= 0.3 is 6.03 Å². The number of benzene rings is 1. The number of rotatable bonds is 4. The van der Waals surface area contributed by atoms with E-state index in [0.29, 0.717) is 11.5 Å². The van der Waals surface area contributed by atoms with Gasteiger partial charge in [-0.3, -0.25) is 15.4 Å². The van der Waals surface area contributed by atoms with Crippen molar-refractivity contribution < 1.29 is 19.0 Å². The lowest BCUT2D eigenvalue weighted by Crippen LogP contribution is -2.20. The van der Waals surface area contributed by atoms with Gasteiger partial charge in [0.25, 0.3) is 5.69 Å². The average Bonchev–Trinajstić information content (AvgIpc) is 2.83. The Morgan fingerprint density at radius 3 is 2.71 bits per heavy atom. The van der Waals surface area contributed by atoms with Crippen LogP contribution in [0.15, 0.2) is 28.8 Å². The van der Waals surface area contributed by atoms with Crippen molar-refractivity contribution in [1.82, 2.24) is 5.16 Å². The van der Waals surface area contributed by atoms with Crippen LogP contribution >= 0.6 is 0 Å². The van der Waals surface area contributed by atoms with E-state index in [1.54, 1.807) is 6.92 Å². The fourth-order valence-corrected chi connectivity index (χ4v) is 1.60. The molecule has 0 unspecified atom stereocenters. The minimum absolute atomic E-state index is 0.164. The van der Waals surface area contributed by atoms with Gasteiger partial charge in [0.1, 0.15) is 11.5 Å². The zero-order valence-electron chi connectivity index (χ0n) is 11.2. The zero-order valence-corrected chi connectivity index (χ0v) is 11.2. The number of nitro benzene ring substituents is 1. The van der Waals surface area contributed by atoms with E-state index in [0.717, 1.165) is 0 Å². The number of urea groups is 1. The van der Waals surface area contributed by atoms with Crippen LogP contribution in [-0.2, 0) is 0 Å². The molecule has 0 fully saturated rings. The summed E-state index contributed by atoms with van der Waals surface area (Å²) >= 11 is 0. The molecule has 0 aliphatic carbocycles. The van der Waals surface area contributed by atoms with Crippen molar-refractivity contribution in [3.8, 4) is 5.75 Å². The van der Waals surface area contributed by atoms with Crippen molar-refractivity contribution in [3.63, 3.8) is 0 Å². The Labute approximate surface area is 119 Å². The second kappa shape index (κ2) is 5.90. The van der Waals surface area contributed by atoms with Gasteiger partial charge in [-0.25, -0.2) is 4.79 Å². The number of hydrogen-bond donors (Lipinski definition) is 2. The van der Waals surface area contributed by atoms with Crippen LogP contribution in [0.25, 0.3) is 0 Å². The summed E-state index contributed by atoms with van der Waals surface area (Å²) in [5.41, 5.74) is 0.00722. The fraction of sp³-hybridized carbons (Fsp3) is 0.167. The van der Waals surface area contributed by atoms with Crippen LogP contribution in [0, 0.1) is 17.0 Å². The number of carbonyl (C=O) groups excluding carboxylic acids is 1. The van der Waals surface area contributed by atoms with Crippen molar-refractivity contribution in [2.75, 3.05) is 17.7 Å². The van der Waals surface area contributed by atoms with Crippen LogP contribution in [0.4, 0.5) is 22.0 Å². The largest absolute Gasteiger partial charge is 0.495 e. The van der Waals surface area contributed by atoms with Gasteiger partial charge in [-0.15, -0.1) is 0 Å². The maximum absolute atomic E-state index is 11.8. The SMILES string of the molecule is COc1ccc([N+](=O)[O-])cc1NC(=O)Nc1cc(C)on1. The molecule has 1 aromatic carbocycles. The number of aromatic nitrogens is 1. The molecule has 0 aliphatic heterocycles. The number of carbonyl (C=O) groups is 1. The Morgan fingerprint density at radius 2 is 2.14 bits per heavy atom. The van der Waals surface area contributed by atoms with Crippen molar-refractivity contribution >= 4 is 23.2 Å². The standard InChI is InChI=1S/C12H12N4O5/c1-7-5-11(15-21-7)14-12(17)13-9-6-8(16(18)19)3-4-10(9)20-2/h3-6H,1-2H3,(H2,13,14,15,17). The van der Waals surface area contributed by atoms with Crippen LogP contribution in [0.5, 0.6) is 5.75 Å². The first-order chi connectivity index (χ1) is 9.99. The molecule has 110 valence electrons. The number of ether oxygens (including phenoxy) is 1. The molecule has 0 atom stereocenters. The summed E-state index contributed by atoms with van der Waals surface area (Å²) in [5.74, 6) is 1.07. The van der Waals surface area contributed by atoms with Gasteiger partial charge in [-0.05, 0) is 13.0 Å². The summed E-state index contributed by atoms with van der Waals surface area (Å²) in [6, 6.07) is 4.79. The summed E-state index contributed by atoms with van der Waals surface area (Å²) in [6.07, 6.45) is 0. The summed E-state index contributed by atoms with van der Waals surface area (Å²) in [5, 5.41) is 19.2. The third-order valence-corrected chi connectivity index (χ3v) is 2.51. The van der Waals surface area contributed by atoms with E-state index in [4.69, 9.17) is 9.26 Å².